The summed E-state index contributed by atoms with van der Waals surface area (Å²) in [5, 5.41) is 2.82. The van der Waals surface area contributed by atoms with E-state index in [1.54, 1.807) is 18.2 Å². The Morgan fingerprint density at radius 1 is 1.03 bits per heavy atom. The molecule has 7 heteroatoms. The van der Waals surface area contributed by atoms with Gasteiger partial charge in [0.05, 0.1) is 17.4 Å². The highest BCUT2D eigenvalue weighted by atomic mass is 32.2. The Morgan fingerprint density at radius 2 is 1.70 bits per heavy atom. The van der Waals surface area contributed by atoms with Gasteiger partial charge in [0.15, 0.2) is 6.61 Å². The summed E-state index contributed by atoms with van der Waals surface area (Å²) in [6.07, 6.45) is 2.09. The van der Waals surface area contributed by atoms with Crippen LogP contribution in [-0.2, 0) is 14.3 Å². The third-order valence-electron chi connectivity index (χ3n) is 4.93. The number of benzene rings is 2. The summed E-state index contributed by atoms with van der Waals surface area (Å²) in [5.74, 6) is -0.586. The lowest BCUT2D eigenvalue weighted by atomic mass is 10.1. The molecule has 30 heavy (non-hydrogen) atoms. The van der Waals surface area contributed by atoms with Crippen molar-refractivity contribution >= 4 is 29.5 Å². The van der Waals surface area contributed by atoms with Crippen LogP contribution in [0.3, 0.4) is 0 Å². The zero-order valence-corrected chi connectivity index (χ0v) is 17.8. The smallest absolute Gasteiger partial charge is 0.339 e. The molecule has 3 rings (SSSR count). The first kappa shape index (κ1) is 21.9. The van der Waals surface area contributed by atoms with E-state index in [0.717, 1.165) is 31.5 Å². The standard InChI is InChI=1S/C23H26N2O4S/c1-17(18-9-3-2-4-10-18)24-21(26)15-29-23(28)19-11-5-6-12-20(19)30-16-22(27)25-13-7-8-14-25/h2-6,9-12,17H,7-8,13-16H2,1H3,(H,24,26)/t17-/m0/s1. The van der Waals surface area contributed by atoms with Gasteiger partial charge in [0.25, 0.3) is 5.91 Å². The maximum absolute atomic E-state index is 12.5. The van der Waals surface area contributed by atoms with Gasteiger partial charge in [0.2, 0.25) is 5.91 Å². The molecule has 1 atom stereocenters. The van der Waals surface area contributed by atoms with Crippen LogP contribution in [0.5, 0.6) is 0 Å². The molecule has 1 aliphatic heterocycles. The van der Waals surface area contributed by atoms with Crippen LogP contribution < -0.4 is 5.32 Å². The van der Waals surface area contributed by atoms with Crippen LogP contribution in [0, 0.1) is 0 Å². The van der Waals surface area contributed by atoms with E-state index in [9.17, 15) is 14.4 Å². The van der Waals surface area contributed by atoms with Gasteiger partial charge in [0.1, 0.15) is 0 Å². The SMILES string of the molecule is C[C@H](NC(=O)COC(=O)c1ccccc1SCC(=O)N1CCCC1)c1ccccc1. The minimum atomic E-state index is -0.575. The number of likely N-dealkylation sites (tertiary alicyclic amines) is 1. The van der Waals surface area contributed by atoms with Crippen molar-refractivity contribution in [3.8, 4) is 0 Å². The van der Waals surface area contributed by atoms with Crippen LogP contribution in [0.1, 0.15) is 41.7 Å². The Bertz CT molecular complexity index is 882. The monoisotopic (exact) mass is 426 g/mol. The van der Waals surface area contributed by atoms with Gasteiger partial charge in [-0.3, -0.25) is 9.59 Å². The fourth-order valence-electron chi connectivity index (χ4n) is 3.28. The molecule has 1 fully saturated rings. The van der Waals surface area contributed by atoms with E-state index in [4.69, 9.17) is 4.74 Å². The Hall–Kier alpha value is -2.80. The molecule has 6 nitrogen and oxygen atoms in total. The number of hydrogen-bond donors (Lipinski definition) is 1. The average molecular weight is 427 g/mol. The van der Waals surface area contributed by atoms with Crippen molar-refractivity contribution in [2.45, 2.75) is 30.7 Å². The van der Waals surface area contributed by atoms with E-state index in [0.29, 0.717) is 10.5 Å². The molecule has 0 aliphatic carbocycles. The largest absolute Gasteiger partial charge is 0.452 e. The zero-order valence-electron chi connectivity index (χ0n) is 17.0. The normalized spacial score (nSPS) is 14.2. The number of esters is 1. The summed E-state index contributed by atoms with van der Waals surface area (Å²) in [7, 11) is 0. The van der Waals surface area contributed by atoms with Crippen LogP contribution in [0.4, 0.5) is 0 Å². The highest BCUT2D eigenvalue weighted by molar-refractivity contribution is 8.00. The number of thioether (sulfide) groups is 1. The van der Waals surface area contributed by atoms with E-state index in [2.05, 4.69) is 5.32 Å². The number of amides is 2. The molecule has 2 aromatic rings. The summed E-state index contributed by atoms with van der Waals surface area (Å²) in [5.41, 5.74) is 1.34. The molecule has 0 aromatic heterocycles. The molecule has 0 saturated carbocycles. The van der Waals surface area contributed by atoms with E-state index in [-0.39, 0.29) is 30.2 Å². The second kappa shape index (κ2) is 10.8. The van der Waals surface area contributed by atoms with Crippen LogP contribution >= 0.6 is 11.8 Å². The molecular weight excluding hydrogens is 400 g/mol. The minimum absolute atomic E-state index is 0.0787. The van der Waals surface area contributed by atoms with Crippen molar-refractivity contribution < 1.29 is 19.1 Å². The minimum Gasteiger partial charge on any atom is -0.452 e. The number of hydrogen-bond acceptors (Lipinski definition) is 5. The number of nitrogens with zero attached hydrogens (tertiary/aromatic N) is 1. The van der Waals surface area contributed by atoms with Crippen molar-refractivity contribution in [2.24, 2.45) is 0 Å². The molecule has 1 saturated heterocycles. The van der Waals surface area contributed by atoms with E-state index in [1.807, 2.05) is 48.2 Å². The Balaban J connectivity index is 1.51. The number of rotatable bonds is 8. The van der Waals surface area contributed by atoms with Gasteiger partial charge in [-0.2, -0.15) is 0 Å². The number of ether oxygens (including phenoxy) is 1. The Kier molecular flexibility index (Phi) is 7.90. The molecule has 2 amide bonds. The first-order valence-electron chi connectivity index (χ1n) is 10.1. The van der Waals surface area contributed by atoms with E-state index in [1.165, 1.54) is 11.8 Å². The highest BCUT2D eigenvalue weighted by Gasteiger charge is 2.20. The summed E-state index contributed by atoms with van der Waals surface area (Å²) >= 11 is 1.32. The predicted octanol–water partition coefficient (Wildman–Crippen LogP) is 3.44. The summed E-state index contributed by atoms with van der Waals surface area (Å²) in [4.78, 5) is 39.5. The molecule has 0 bridgehead atoms. The zero-order chi connectivity index (χ0) is 21.3. The van der Waals surface area contributed by atoms with Crippen LogP contribution in [0.2, 0.25) is 0 Å². The van der Waals surface area contributed by atoms with Crippen molar-refractivity contribution in [1.29, 1.82) is 0 Å². The van der Waals surface area contributed by atoms with Gasteiger partial charge in [-0.05, 0) is 37.5 Å². The summed E-state index contributed by atoms with van der Waals surface area (Å²) in [6.45, 7) is 3.12. The molecule has 2 aromatic carbocycles. The molecule has 158 valence electrons. The van der Waals surface area contributed by atoms with Crippen molar-refractivity contribution in [3.63, 3.8) is 0 Å². The van der Waals surface area contributed by atoms with Gasteiger partial charge in [-0.25, -0.2) is 4.79 Å². The van der Waals surface area contributed by atoms with Gasteiger partial charge in [-0.1, -0.05) is 42.5 Å². The Morgan fingerprint density at radius 3 is 2.43 bits per heavy atom. The molecule has 0 radical (unpaired) electrons. The average Bonchev–Trinajstić information content (AvgIpc) is 3.32. The van der Waals surface area contributed by atoms with E-state index < -0.39 is 5.97 Å². The fourth-order valence-corrected chi connectivity index (χ4v) is 4.22. The highest BCUT2D eigenvalue weighted by Crippen LogP contribution is 2.24. The van der Waals surface area contributed by atoms with E-state index >= 15 is 0 Å². The first-order chi connectivity index (χ1) is 14.5. The maximum Gasteiger partial charge on any atom is 0.339 e. The first-order valence-corrected chi connectivity index (χ1v) is 11.0. The van der Waals surface area contributed by atoms with Crippen LogP contribution in [-0.4, -0.2) is 48.1 Å². The van der Waals surface area contributed by atoms with Crippen LogP contribution in [0.25, 0.3) is 0 Å². The lowest BCUT2D eigenvalue weighted by Gasteiger charge is -2.16. The lowest BCUT2D eigenvalue weighted by Crippen LogP contribution is -2.31. The molecular formula is C23H26N2O4S. The van der Waals surface area contributed by atoms with Crippen LogP contribution in [0.15, 0.2) is 59.5 Å². The van der Waals surface area contributed by atoms with Gasteiger partial charge in [0, 0.05) is 18.0 Å². The molecule has 0 spiro atoms. The quantitative estimate of drug-likeness (QED) is 0.517. The summed E-state index contributed by atoms with van der Waals surface area (Å²) in [6, 6.07) is 16.4. The Labute approximate surface area is 181 Å². The van der Waals surface area contributed by atoms with Gasteiger partial charge >= 0.3 is 5.97 Å². The maximum atomic E-state index is 12.5. The second-order valence-corrected chi connectivity index (χ2v) is 8.17. The summed E-state index contributed by atoms with van der Waals surface area (Å²) < 4.78 is 5.21. The predicted molar refractivity (Wildman–Crippen MR) is 116 cm³/mol. The third-order valence-corrected chi connectivity index (χ3v) is 5.99. The topological polar surface area (TPSA) is 75.7 Å². The molecule has 0 unspecified atom stereocenters. The molecule has 1 heterocycles. The number of carbonyl (C=O) groups excluding carboxylic acids is 3. The molecule has 1 aliphatic rings. The van der Waals surface area contributed by atoms with Crippen molar-refractivity contribution in [1.82, 2.24) is 10.2 Å². The fraction of sp³-hybridized carbons (Fsp3) is 0.348. The van der Waals surface area contributed by atoms with Crippen molar-refractivity contribution in [2.75, 3.05) is 25.4 Å². The number of nitrogens with one attached hydrogen (secondary N) is 1. The second-order valence-electron chi connectivity index (χ2n) is 7.15. The van der Waals surface area contributed by atoms with Crippen molar-refractivity contribution in [3.05, 3.63) is 65.7 Å². The lowest BCUT2D eigenvalue weighted by molar-refractivity contribution is -0.127. The van der Waals surface area contributed by atoms with Gasteiger partial charge < -0.3 is 15.0 Å². The molecule has 1 N–H and O–H groups in total. The number of carbonyl (C=O) groups is 3. The van der Waals surface area contributed by atoms with Gasteiger partial charge in [-0.15, -0.1) is 11.8 Å². The third kappa shape index (κ3) is 6.10.